The minimum atomic E-state index is -0.956. The molecule has 2 amide bonds. The highest BCUT2D eigenvalue weighted by atomic mass is 16.4. The molecule has 110 valence electrons. The van der Waals surface area contributed by atoms with Crippen molar-refractivity contribution in [3.8, 4) is 0 Å². The standard InChI is InChI=1S/C14H26N2O3/c1-4-5-12-6-8-15(9-7-12)14(19)16(11(2)3)10-13(17)18/h11-12H,4-10H2,1-3H3,(H,17,18). The van der Waals surface area contributed by atoms with Gasteiger partial charge in [-0.2, -0.15) is 0 Å². The summed E-state index contributed by atoms with van der Waals surface area (Å²) in [6.07, 6.45) is 4.50. The van der Waals surface area contributed by atoms with Gasteiger partial charge in [0.15, 0.2) is 0 Å². The van der Waals surface area contributed by atoms with E-state index in [0.29, 0.717) is 0 Å². The van der Waals surface area contributed by atoms with Crippen molar-refractivity contribution >= 4 is 12.0 Å². The maximum absolute atomic E-state index is 12.3. The second-order valence-electron chi connectivity index (χ2n) is 5.62. The highest BCUT2D eigenvalue weighted by molar-refractivity contribution is 5.80. The normalized spacial score (nSPS) is 16.7. The summed E-state index contributed by atoms with van der Waals surface area (Å²) in [6, 6.07) is -0.218. The van der Waals surface area contributed by atoms with Gasteiger partial charge in [0.2, 0.25) is 0 Å². The summed E-state index contributed by atoms with van der Waals surface area (Å²) in [4.78, 5) is 26.4. The first kappa shape index (κ1) is 15.8. The number of piperidine rings is 1. The van der Waals surface area contributed by atoms with Crippen molar-refractivity contribution in [3.63, 3.8) is 0 Å². The van der Waals surface area contributed by atoms with Crippen molar-refractivity contribution in [2.45, 2.75) is 52.5 Å². The van der Waals surface area contributed by atoms with Gasteiger partial charge in [0.05, 0.1) is 0 Å². The topological polar surface area (TPSA) is 60.9 Å². The maximum atomic E-state index is 12.3. The maximum Gasteiger partial charge on any atom is 0.323 e. The second-order valence-corrected chi connectivity index (χ2v) is 5.62. The van der Waals surface area contributed by atoms with Gasteiger partial charge in [-0.15, -0.1) is 0 Å². The quantitative estimate of drug-likeness (QED) is 0.834. The van der Waals surface area contributed by atoms with Gasteiger partial charge in [-0.25, -0.2) is 4.79 Å². The molecule has 0 radical (unpaired) electrons. The number of aliphatic carboxylic acids is 1. The van der Waals surface area contributed by atoms with Crippen molar-refractivity contribution < 1.29 is 14.7 Å². The number of carboxylic acid groups (broad SMARTS) is 1. The van der Waals surface area contributed by atoms with Crippen LogP contribution in [0.15, 0.2) is 0 Å². The highest BCUT2D eigenvalue weighted by Gasteiger charge is 2.28. The number of carboxylic acids is 1. The lowest BCUT2D eigenvalue weighted by molar-refractivity contribution is -0.138. The first-order chi connectivity index (χ1) is 8.95. The summed E-state index contributed by atoms with van der Waals surface area (Å²) in [6.45, 7) is 7.18. The molecule has 0 spiro atoms. The SMILES string of the molecule is CCCC1CCN(C(=O)N(CC(=O)O)C(C)C)CC1. The average Bonchev–Trinajstić information content (AvgIpc) is 2.36. The van der Waals surface area contributed by atoms with Gasteiger partial charge in [0.25, 0.3) is 0 Å². The third-order valence-corrected chi connectivity index (χ3v) is 3.76. The Kier molecular flexibility index (Phi) is 6.12. The smallest absolute Gasteiger partial charge is 0.323 e. The van der Waals surface area contributed by atoms with E-state index in [4.69, 9.17) is 5.11 Å². The lowest BCUT2D eigenvalue weighted by atomic mass is 9.93. The molecule has 1 heterocycles. The number of rotatable bonds is 5. The molecule has 0 aliphatic carbocycles. The monoisotopic (exact) mass is 270 g/mol. The molecule has 1 saturated heterocycles. The van der Waals surface area contributed by atoms with E-state index < -0.39 is 5.97 Å². The van der Waals surface area contributed by atoms with Crippen molar-refractivity contribution in [2.24, 2.45) is 5.92 Å². The second kappa shape index (κ2) is 7.36. The van der Waals surface area contributed by atoms with E-state index in [-0.39, 0.29) is 18.6 Å². The fraction of sp³-hybridized carbons (Fsp3) is 0.857. The minimum absolute atomic E-state index is 0.0861. The molecule has 1 aliphatic rings. The van der Waals surface area contributed by atoms with E-state index in [2.05, 4.69) is 6.92 Å². The molecule has 1 aliphatic heterocycles. The Balaban J connectivity index is 2.54. The molecule has 0 aromatic carbocycles. The largest absolute Gasteiger partial charge is 0.480 e. The fourth-order valence-electron chi connectivity index (χ4n) is 2.62. The average molecular weight is 270 g/mol. The third kappa shape index (κ3) is 4.73. The number of carbonyl (C=O) groups excluding carboxylic acids is 1. The zero-order valence-electron chi connectivity index (χ0n) is 12.3. The molecule has 0 atom stereocenters. The van der Waals surface area contributed by atoms with Gasteiger partial charge >= 0.3 is 12.0 Å². The molecule has 1 fully saturated rings. The van der Waals surface area contributed by atoms with Crippen LogP contribution in [0.3, 0.4) is 0 Å². The number of likely N-dealkylation sites (tertiary alicyclic amines) is 1. The molecular formula is C14H26N2O3. The van der Waals surface area contributed by atoms with Gasteiger partial charge in [-0.05, 0) is 32.6 Å². The molecule has 0 aromatic rings. The van der Waals surface area contributed by atoms with Crippen LogP contribution in [0.4, 0.5) is 4.79 Å². The summed E-state index contributed by atoms with van der Waals surface area (Å²) < 4.78 is 0. The molecule has 0 unspecified atom stereocenters. The lowest BCUT2D eigenvalue weighted by Crippen LogP contribution is -2.50. The molecule has 5 heteroatoms. The fourth-order valence-corrected chi connectivity index (χ4v) is 2.62. The van der Waals surface area contributed by atoms with Crippen LogP contribution in [-0.4, -0.2) is 52.6 Å². The van der Waals surface area contributed by atoms with Crippen LogP contribution in [0.1, 0.15) is 46.5 Å². The van der Waals surface area contributed by atoms with E-state index in [1.54, 1.807) is 4.90 Å². The van der Waals surface area contributed by atoms with Crippen molar-refractivity contribution in [1.82, 2.24) is 9.80 Å². The van der Waals surface area contributed by atoms with Gasteiger partial charge in [0.1, 0.15) is 6.54 Å². The molecule has 1 N–H and O–H groups in total. The number of carbonyl (C=O) groups is 2. The lowest BCUT2D eigenvalue weighted by Gasteiger charge is -2.36. The number of nitrogens with zero attached hydrogens (tertiary/aromatic N) is 2. The van der Waals surface area contributed by atoms with Crippen LogP contribution in [0.2, 0.25) is 0 Å². The Morgan fingerprint density at radius 1 is 1.32 bits per heavy atom. The number of hydrogen-bond donors (Lipinski definition) is 1. The first-order valence-corrected chi connectivity index (χ1v) is 7.23. The van der Waals surface area contributed by atoms with Crippen molar-refractivity contribution in [2.75, 3.05) is 19.6 Å². The van der Waals surface area contributed by atoms with Crippen LogP contribution in [0, 0.1) is 5.92 Å². The Labute approximate surface area is 115 Å². The van der Waals surface area contributed by atoms with Gasteiger partial charge in [-0.1, -0.05) is 19.8 Å². The molecule has 5 nitrogen and oxygen atoms in total. The van der Waals surface area contributed by atoms with E-state index in [1.807, 2.05) is 13.8 Å². The van der Waals surface area contributed by atoms with Gasteiger partial charge < -0.3 is 14.9 Å². The molecule has 0 bridgehead atoms. The third-order valence-electron chi connectivity index (χ3n) is 3.76. The summed E-state index contributed by atoms with van der Waals surface area (Å²) in [5, 5.41) is 8.88. The zero-order chi connectivity index (χ0) is 14.4. The molecule has 0 aromatic heterocycles. The first-order valence-electron chi connectivity index (χ1n) is 7.23. The predicted molar refractivity (Wildman–Crippen MR) is 74.1 cm³/mol. The molecule has 19 heavy (non-hydrogen) atoms. The number of urea groups is 1. The van der Waals surface area contributed by atoms with E-state index >= 15 is 0 Å². The molecular weight excluding hydrogens is 244 g/mol. The van der Waals surface area contributed by atoms with Gasteiger partial charge in [-0.3, -0.25) is 4.79 Å². The highest BCUT2D eigenvalue weighted by Crippen LogP contribution is 2.22. The van der Waals surface area contributed by atoms with E-state index in [0.717, 1.165) is 31.8 Å². The van der Waals surface area contributed by atoms with E-state index in [1.165, 1.54) is 17.7 Å². The molecule has 1 rings (SSSR count). The van der Waals surface area contributed by atoms with Crippen LogP contribution >= 0.6 is 0 Å². The van der Waals surface area contributed by atoms with Crippen LogP contribution in [0.5, 0.6) is 0 Å². The van der Waals surface area contributed by atoms with Crippen molar-refractivity contribution in [1.29, 1.82) is 0 Å². The number of amides is 2. The Morgan fingerprint density at radius 3 is 2.32 bits per heavy atom. The Bertz CT molecular complexity index is 310. The zero-order valence-corrected chi connectivity index (χ0v) is 12.3. The minimum Gasteiger partial charge on any atom is -0.480 e. The Morgan fingerprint density at radius 2 is 1.89 bits per heavy atom. The summed E-state index contributed by atoms with van der Waals surface area (Å²) in [5.74, 6) is -0.232. The van der Waals surface area contributed by atoms with Crippen LogP contribution < -0.4 is 0 Å². The Hall–Kier alpha value is -1.26. The predicted octanol–water partition coefficient (Wildman–Crippen LogP) is 2.41. The van der Waals surface area contributed by atoms with Gasteiger partial charge in [0, 0.05) is 19.1 Å². The van der Waals surface area contributed by atoms with Crippen LogP contribution in [-0.2, 0) is 4.79 Å². The number of hydrogen-bond acceptors (Lipinski definition) is 2. The van der Waals surface area contributed by atoms with Crippen LogP contribution in [0.25, 0.3) is 0 Å². The summed E-state index contributed by atoms with van der Waals surface area (Å²) in [5.41, 5.74) is 0. The summed E-state index contributed by atoms with van der Waals surface area (Å²) in [7, 11) is 0. The van der Waals surface area contributed by atoms with E-state index in [9.17, 15) is 9.59 Å². The molecule has 0 saturated carbocycles. The van der Waals surface area contributed by atoms with Crippen molar-refractivity contribution in [3.05, 3.63) is 0 Å². The summed E-state index contributed by atoms with van der Waals surface area (Å²) >= 11 is 0.